The average molecular weight is 290 g/mol. The lowest BCUT2D eigenvalue weighted by atomic mass is 10.0. The zero-order valence-electron chi connectivity index (χ0n) is 14.1. The molecule has 1 aliphatic rings. The average Bonchev–Trinajstić information content (AvgIpc) is 2.38. The smallest absolute Gasteiger partial charge is 0.143 e. The third-order valence-electron chi connectivity index (χ3n) is 3.89. The number of ether oxygens (including phenoxy) is 1. The molecule has 1 heterocycles. The lowest BCUT2D eigenvalue weighted by Gasteiger charge is -2.33. The third-order valence-corrected chi connectivity index (χ3v) is 3.89. The first-order valence-electron chi connectivity index (χ1n) is 8.15. The van der Waals surface area contributed by atoms with E-state index in [1.54, 1.807) is 0 Å². The van der Waals surface area contributed by atoms with Crippen LogP contribution in [0, 0.1) is 5.92 Å². The van der Waals surface area contributed by atoms with Gasteiger partial charge in [-0.25, -0.2) is 0 Å². The third kappa shape index (κ3) is 4.92. The van der Waals surface area contributed by atoms with E-state index in [2.05, 4.69) is 63.5 Å². The summed E-state index contributed by atoms with van der Waals surface area (Å²) in [5.74, 6) is 1.73. The van der Waals surface area contributed by atoms with Crippen LogP contribution in [-0.4, -0.2) is 24.7 Å². The Labute approximate surface area is 129 Å². The Kier molecular flexibility index (Phi) is 5.15. The largest absolute Gasteiger partial charge is 0.484 e. The van der Waals surface area contributed by atoms with Crippen LogP contribution >= 0.6 is 0 Å². The highest BCUT2D eigenvalue weighted by atomic mass is 16.5. The van der Waals surface area contributed by atoms with Gasteiger partial charge >= 0.3 is 0 Å². The Morgan fingerprint density at radius 1 is 1.29 bits per heavy atom. The fourth-order valence-corrected chi connectivity index (χ4v) is 2.62. The van der Waals surface area contributed by atoms with Crippen LogP contribution in [0.25, 0.3) is 0 Å². The van der Waals surface area contributed by atoms with Crippen molar-refractivity contribution in [1.82, 2.24) is 5.32 Å². The minimum absolute atomic E-state index is 0.125. The normalized spacial score (nSPS) is 17.8. The topological polar surface area (TPSA) is 33.3 Å². The molecule has 118 valence electrons. The highest BCUT2D eigenvalue weighted by Gasteiger charge is 2.26. The van der Waals surface area contributed by atoms with Gasteiger partial charge < -0.3 is 15.4 Å². The minimum Gasteiger partial charge on any atom is -0.484 e. The Balaban J connectivity index is 1.90. The van der Waals surface area contributed by atoms with Gasteiger partial charge in [-0.3, -0.25) is 0 Å². The van der Waals surface area contributed by atoms with E-state index < -0.39 is 0 Å². The van der Waals surface area contributed by atoms with Gasteiger partial charge in [-0.1, -0.05) is 19.9 Å². The fourth-order valence-electron chi connectivity index (χ4n) is 2.62. The molecule has 0 amide bonds. The van der Waals surface area contributed by atoms with Crippen LogP contribution in [0.4, 0.5) is 5.69 Å². The molecule has 1 aliphatic heterocycles. The van der Waals surface area contributed by atoms with Crippen molar-refractivity contribution in [3.8, 4) is 5.75 Å². The molecule has 21 heavy (non-hydrogen) atoms. The van der Waals surface area contributed by atoms with Crippen molar-refractivity contribution >= 4 is 5.69 Å². The van der Waals surface area contributed by atoms with Gasteiger partial charge in [-0.05, 0) is 63.8 Å². The van der Waals surface area contributed by atoms with Crippen molar-refractivity contribution in [2.45, 2.75) is 59.1 Å². The molecule has 0 saturated carbocycles. The number of benzene rings is 1. The number of nitrogens with one attached hydrogen (secondary N) is 2. The number of rotatable bonds is 6. The van der Waals surface area contributed by atoms with Gasteiger partial charge in [0.2, 0.25) is 0 Å². The zero-order valence-corrected chi connectivity index (χ0v) is 14.1. The quantitative estimate of drug-likeness (QED) is 0.835. The van der Waals surface area contributed by atoms with Crippen molar-refractivity contribution in [2.75, 3.05) is 18.4 Å². The van der Waals surface area contributed by atoms with Gasteiger partial charge in [-0.2, -0.15) is 0 Å². The van der Waals surface area contributed by atoms with Gasteiger partial charge in [0.15, 0.2) is 0 Å². The highest BCUT2D eigenvalue weighted by molar-refractivity contribution is 5.60. The second kappa shape index (κ2) is 6.69. The standard InChI is InChI=1S/C18H30N2O/c1-13(2)8-9-19-14(3)10-15-6-7-17-16(11-15)20-12-18(4,5)21-17/h6-7,11,13-14,19-20H,8-10,12H2,1-5H3. The SMILES string of the molecule is CC(C)CCNC(C)Cc1ccc2c(c1)NCC(C)(C)O2. The van der Waals surface area contributed by atoms with Gasteiger partial charge in [0.25, 0.3) is 0 Å². The minimum atomic E-state index is -0.125. The number of anilines is 1. The van der Waals surface area contributed by atoms with Gasteiger partial charge in [0, 0.05) is 6.04 Å². The molecule has 0 aliphatic carbocycles. The molecule has 1 atom stereocenters. The Morgan fingerprint density at radius 2 is 2.05 bits per heavy atom. The van der Waals surface area contributed by atoms with Crippen molar-refractivity contribution in [1.29, 1.82) is 0 Å². The molecule has 3 heteroatoms. The first-order valence-corrected chi connectivity index (χ1v) is 8.15. The molecule has 2 rings (SSSR count). The molecule has 1 unspecified atom stereocenters. The van der Waals surface area contributed by atoms with E-state index in [0.29, 0.717) is 6.04 Å². The van der Waals surface area contributed by atoms with Gasteiger partial charge in [0.1, 0.15) is 11.4 Å². The molecule has 2 N–H and O–H groups in total. The van der Waals surface area contributed by atoms with Crippen molar-refractivity contribution in [2.24, 2.45) is 5.92 Å². The molecule has 1 aromatic carbocycles. The van der Waals surface area contributed by atoms with Crippen LogP contribution in [0.1, 0.15) is 46.6 Å². The Hall–Kier alpha value is -1.22. The summed E-state index contributed by atoms with van der Waals surface area (Å²) in [4.78, 5) is 0. The van der Waals surface area contributed by atoms with Crippen molar-refractivity contribution in [3.63, 3.8) is 0 Å². The van der Waals surface area contributed by atoms with Gasteiger partial charge in [0.05, 0.1) is 12.2 Å². The highest BCUT2D eigenvalue weighted by Crippen LogP contribution is 2.33. The molecule has 0 spiro atoms. The van der Waals surface area contributed by atoms with Crippen LogP contribution in [0.2, 0.25) is 0 Å². The lowest BCUT2D eigenvalue weighted by Crippen LogP contribution is -2.40. The van der Waals surface area contributed by atoms with Crippen LogP contribution in [0.3, 0.4) is 0 Å². The van der Waals surface area contributed by atoms with Gasteiger partial charge in [-0.15, -0.1) is 0 Å². The molecule has 3 nitrogen and oxygen atoms in total. The summed E-state index contributed by atoms with van der Waals surface area (Å²) in [6, 6.07) is 7.01. The molecule has 0 saturated heterocycles. The zero-order chi connectivity index (χ0) is 15.5. The lowest BCUT2D eigenvalue weighted by molar-refractivity contribution is 0.116. The molecule has 0 fully saturated rings. The van der Waals surface area contributed by atoms with E-state index in [0.717, 1.165) is 36.9 Å². The predicted octanol–water partition coefficient (Wildman–Crippen LogP) is 3.84. The monoisotopic (exact) mass is 290 g/mol. The second-order valence-electron chi connectivity index (χ2n) is 7.29. The number of hydrogen-bond acceptors (Lipinski definition) is 3. The summed E-state index contributed by atoms with van der Waals surface area (Å²) in [5.41, 5.74) is 2.36. The molecule has 1 aromatic rings. The maximum Gasteiger partial charge on any atom is 0.143 e. The van der Waals surface area contributed by atoms with Crippen LogP contribution in [-0.2, 0) is 6.42 Å². The van der Waals surface area contributed by atoms with E-state index in [1.165, 1.54) is 12.0 Å². The van der Waals surface area contributed by atoms with E-state index in [1.807, 2.05) is 0 Å². The summed E-state index contributed by atoms with van der Waals surface area (Å²) >= 11 is 0. The maximum absolute atomic E-state index is 5.99. The summed E-state index contributed by atoms with van der Waals surface area (Å²) in [6.45, 7) is 13.0. The van der Waals surface area contributed by atoms with E-state index in [-0.39, 0.29) is 5.60 Å². The summed E-state index contributed by atoms with van der Waals surface area (Å²) in [7, 11) is 0. The molecule has 0 radical (unpaired) electrons. The Morgan fingerprint density at radius 3 is 2.76 bits per heavy atom. The summed E-state index contributed by atoms with van der Waals surface area (Å²) < 4.78 is 5.99. The van der Waals surface area contributed by atoms with Crippen LogP contribution in [0.15, 0.2) is 18.2 Å². The summed E-state index contributed by atoms with van der Waals surface area (Å²) in [6.07, 6.45) is 2.29. The number of hydrogen-bond donors (Lipinski definition) is 2. The van der Waals surface area contributed by atoms with Crippen molar-refractivity contribution < 1.29 is 4.74 Å². The van der Waals surface area contributed by atoms with E-state index in [9.17, 15) is 0 Å². The summed E-state index contributed by atoms with van der Waals surface area (Å²) in [5, 5.41) is 7.08. The second-order valence-corrected chi connectivity index (χ2v) is 7.29. The van der Waals surface area contributed by atoms with Crippen LogP contribution < -0.4 is 15.4 Å². The van der Waals surface area contributed by atoms with Crippen molar-refractivity contribution in [3.05, 3.63) is 23.8 Å². The molecular formula is C18H30N2O. The molecule has 0 aromatic heterocycles. The van der Waals surface area contributed by atoms with Crippen LogP contribution in [0.5, 0.6) is 5.75 Å². The van der Waals surface area contributed by atoms with E-state index >= 15 is 0 Å². The number of fused-ring (bicyclic) bond motifs is 1. The predicted molar refractivity (Wildman–Crippen MR) is 90.3 cm³/mol. The Bertz CT molecular complexity index is 468. The maximum atomic E-state index is 5.99. The fraction of sp³-hybridized carbons (Fsp3) is 0.667. The van der Waals surface area contributed by atoms with E-state index in [4.69, 9.17) is 4.74 Å². The first kappa shape index (κ1) is 16.2. The molecular weight excluding hydrogens is 260 g/mol. The first-order chi connectivity index (χ1) is 9.85. The molecule has 0 bridgehead atoms.